The van der Waals surface area contributed by atoms with Crippen LogP contribution in [-0.2, 0) is 21.1 Å². The van der Waals surface area contributed by atoms with Crippen molar-refractivity contribution in [3.8, 4) is 0 Å². The molecule has 8 nitrogen and oxygen atoms in total. The van der Waals surface area contributed by atoms with E-state index in [0.29, 0.717) is 31.0 Å². The lowest BCUT2D eigenvalue weighted by atomic mass is 9.90. The molecule has 2 amide bonds. The number of nitrogens with zero attached hydrogens (tertiary/aromatic N) is 3. The number of carbonyl (C=O) groups excluding carboxylic acids is 2. The topological polar surface area (TPSA) is 98.1 Å². The highest BCUT2D eigenvalue weighted by Crippen LogP contribution is 2.36. The maximum atomic E-state index is 13.0. The zero-order valence-corrected chi connectivity index (χ0v) is 24.4. The lowest BCUT2D eigenvalue weighted by Crippen LogP contribution is -2.26. The van der Waals surface area contributed by atoms with Gasteiger partial charge in [0.15, 0.2) is 0 Å². The molecule has 2 aliphatic rings. The zero-order chi connectivity index (χ0) is 28.3. The Morgan fingerprint density at radius 3 is 2.73 bits per heavy atom. The number of pyridine rings is 1. The zero-order valence-electron chi connectivity index (χ0n) is 23.4. The maximum Gasteiger partial charge on any atom is 0.252 e. The van der Waals surface area contributed by atoms with Gasteiger partial charge >= 0.3 is 0 Å². The van der Waals surface area contributed by atoms with E-state index in [4.69, 9.17) is 9.84 Å². The van der Waals surface area contributed by atoms with Gasteiger partial charge in [0.2, 0.25) is 5.91 Å². The minimum Gasteiger partial charge on any atom is -0.360 e. The third kappa shape index (κ3) is 6.38. The van der Waals surface area contributed by atoms with Crippen LogP contribution in [0.5, 0.6) is 0 Å². The van der Waals surface area contributed by atoms with E-state index >= 15 is 0 Å². The van der Waals surface area contributed by atoms with Crippen LogP contribution in [-0.4, -0.2) is 41.3 Å². The molecule has 0 bridgehead atoms. The van der Waals surface area contributed by atoms with Gasteiger partial charge < -0.3 is 15.4 Å². The summed E-state index contributed by atoms with van der Waals surface area (Å²) in [7, 11) is -1.21. The van der Waals surface area contributed by atoms with E-state index in [1.807, 2.05) is 59.3 Å². The van der Waals surface area contributed by atoms with Gasteiger partial charge in [0.25, 0.3) is 5.91 Å². The Hall–Kier alpha value is -4.08. The molecule has 9 heteroatoms. The van der Waals surface area contributed by atoms with Gasteiger partial charge in [0.1, 0.15) is 6.73 Å². The number of ether oxygens (including phenoxy) is 1. The monoisotopic (exact) mass is 553 g/mol. The smallest absolute Gasteiger partial charge is 0.252 e. The van der Waals surface area contributed by atoms with Gasteiger partial charge in [-0.05, 0) is 66.1 Å². The van der Waals surface area contributed by atoms with Crippen molar-refractivity contribution in [3.05, 3.63) is 88.7 Å². The molecular weight excluding hydrogens is 518 g/mol. The Kier molecular flexibility index (Phi) is 7.95. The van der Waals surface area contributed by atoms with Crippen molar-refractivity contribution in [1.29, 1.82) is 0 Å². The van der Waals surface area contributed by atoms with Gasteiger partial charge in [0.05, 0.1) is 16.9 Å². The van der Waals surface area contributed by atoms with Crippen LogP contribution in [0.25, 0.3) is 29.1 Å². The molecule has 3 heterocycles. The molecule has 2 aromatic heterocycles. The Labute approximate surface area is 235 Å². The second-order valence-corrected chi connectivity index (χ2v) is 17.0. The molecule has 0 saturated carbocycles. The second-order valence-electron chi connectivity index (χ2n) is 11.4. The van der Waals surface area contributed by atoms with Crippen LogP contribution in [0.3, 0.4) is 0 Å². The van der Waals surface area contributed by atoms with Crippen LogP contribution in [0.1, 0.15) is 30.2 Å². The number of allylic oxidation sites excluding steroid dienone is 3. The summed E-state index contributed by atoms with van der Waals surface area (Å²) in [4.78, 5) is 28.7. The third-order valence-electron chi connectivity index (χ3n) is 6.97. The molecule has 3 aromatic rings. The minimum absolute atomic E-state index is 0.122. The molecule has 1 aromatic carbocycles. The fourth-order valence-electron chi connectivity index (χ4n) is 4.86. The number of hydrogen-bond acceptors (Lipinski definition) is 5. The van der Waals surface area contributed by atoms with Gasteiger partial charge in [-0.2, -0.15) is 5.10 Å². The predicted molar refractivity (Wildman–Crippen MR) is 161 cm³/mol. The highest BCUT2D eigenvalue weighted by atomic mass is 28.3. The molecule has 1 fully saturated rings. The van der Waals surface area contributed by atoms with E-state index in [2.05, 4.69) is 41.3 Å². The summed E-state index contributed by atoms with van der Waals surface area (Å²) >= 11 is 0. The van der Waals surface area contributed by atoms with E-state index in [1.54, 1.807) is 12.4 Å². The van der Waals surface area contributed by atoms with Crippen LogP contribution in [0.2, 0.25) is 25.7 Å². The summed E-state index contributed by atoms with van der Waals surface area (Å²) in [6.07, 6.45) is 14.0. The van der Waals surface area contributed by atoms with E-state index in [0.717, 1.165) is 39.5 Å². The Bertz CT molecular complexity index is 1560. The minimum atomic E-state index is -1.21. The fraction of sp³-hybridized carbons (Fsp3) is 0.290. The molecule has 1 aliphatic heterocycles. The number of hydrogen-bond donors (Lipinski definition) is 2. The molecule has 5 rings (SSSR count). The predicted octanol–water partition coefficient (Wildman–Crippen LogP) is 5.35. The van der Waals surface area contributed by atoms with Crippen molar-refractivity contribution < 1.29 is 14.3 Å². The molecule has 2 N–H and O–H groups in total. The standard InChI is InChI=1S/C31H35N5O3Si/c1-21(37)33-28-7-5-6-24-26(31(38)34-30(24)28)18-23-8-10-25-27(11-9-22-12-14-32-15-13-22)35-36(29(25)19-23)20-39-16-17-40(2,3)4/h5,7-15,18-19,24H,6,16-17,20H2,1-4H3,(H,33,37)(H,34,38)/b11-9+,26-18+. The van der Waals surface area contributed by atoms with Crippen molar-refractivity contribution in [2.24, 2.45) is 5.92 Å². The van der Waals surface area contributed by atoms with Crippen LogP contribution in [0, 0.1) is 5.92 Å². The number of fused-ring (bicyclic) bond motifs is 2. The number of rotatable bonds is 9. The average Bonchev–Trinajstić information content (AvgIpc) is 3.42. The highest BCUT2D eigenvalue weighted by molar-refractivity contribution is 6.76. The van der Waals surface area contributed by atoms with Crippen LogP contribution in [0.15, 0.2) is 71.8 Å². The SMILES string of the molecule is CC(=O)NC1=C2NC(=O)/C(=C/c3ccc4c(/C=C/c5ccncc5)nn(COCC[Si](C)(C)C)c4c3)C2CC=C1. The Balaban J connectivity index is 1.47. The third-order valence-corrected chi connectivity index (χ3v) is 8.67. The molecule has 1 saturated heterocycles. The lowest BCUT2D eigenvalue weighted by Gasteiger charge is -2.18. The first-order valence-corrected chi connectivity index (χ1v) is 17.3. The number of benzene rings is 1. The van der Waals surface area contributed by atoms with Crippen LogP contribution >= 0.6 is 0 Å². The first-order chi connectivity index (χ1) is 19.2. The van der Waals surface area contributed by atoms with Crippen molar-refractivity contribution in [2.75, 3.05) is 6.61 Å². The molecule has 1 aliphatic carbocycles. The summed E-state index contributed by atoms with van der Waals surface area (Å²) in [5.41, 5.74) is 5.81. The normalized spacial score (nSPS) is 18.1. The molecule has 0 spiro atoms. The molecule has 0 radical (unpaired) electrons. The van der Waals surface area contributed by atoms with E-state index in [9.17, 15) is 9.59 Å². The fourth-order valence-corrected chi connectivity index (χ4v) is 5.62. The van der Waals surface area contributed by atoms with Crippen molar-refractivity contribution in [2.45, 2.75) is 45.8 Å². The summed E-state index contributed by atoms with van der Waals surface area (Å²) in [6, 6.07) is 11.1. The number of carbonyl (C=O) groups is 2. The van der Waals surface area contributed by atoms with E-state index in [-0.39, 0.29) is 17.7 Å². The summed E-state index contributed by atoms with van der Waals surface area (Å²) in [5, 5.41) is 11.7. The number of amides is 2. The summed E-state index contributed by atoms with van der Waals surface area (Å²) in [5.74, 6) is -0.432. The lowest BCUT2D eigenvalue weighted by molar-refractivity contribution is -0.118. The van der Waals surface area contributed by atoms with Gasteiger partial charge in [-0.1, -0.05) is 37.9 Å². The van der Waals surface area contributed by atoms with Gasteiger partial charge in [-0.15, -0.1) is 0 Å². The summed E-state index contributed by atoms with van der Waals surface area (Å²) in [6.45, 7) is 9.52. The number of aromatic nitrogens is 3. The molecule has 206 valence electrons. The summed E-state index contributed by atoms with van der Waals surface area (Å²) < 4.78 is 7.95. The van der Waals surface area contributed by atoms with Crippen molar-refractivity contribution in [3.63, 3.8) is 0 Å². The van der Waals surface area contributed by atoms with Crippen LogP contribution < -0.4 is 10.6 Å². The first kappa shape index (κ1) is 27.5. The van der Waals surface area contributed by atoms with Crippen molar-refractivity contribution >= 4 is 49.0 Å². The number of nitrogens with one attached hydrogen (secondary N) is 2. The van der Waals surface area contributed by atoms with Gasteiger partial charge in [-0.25, -0.2) is 4.68 Å². The largest absolute Gasteiger partial charge is 0.360 e. The quantitative estimate of drug-likeness (QED) is 0.211. The van der Waals surface area contributed by atoms with Gasteiger partial charge in [-0.3, -0.25) is 14.6 Å². The van der Waals surface area contributed by atoms with E-state index in [1.165, 1.54) is 6.92 Å². The highest BCUT2D eigenvalue weighted by Gasteiger charge is 2.35. The first-order valence-electron chi connectivity index (χ1n) is 13.6. The van der Waals surface area contributed by atoms with E-state index < -0.39 is 8.07 Å². The molecule has 1 unspecified atom stereocenters. The maximum absolute atomic E-state index is 13.0. The molecule has 1 atom stereocenters. The Morgan fingerprint density at radius 1 is 1.18 bits per heavy atom. The van der Waals surface area contributed by atoms with Crippen LogP contribution in [0.4, 0.5) is 0 Å². The second kappa shape index (κ2) is 11.6. The van der Waals surface area contributed by atoms with Gasteiger partial charge in [0, 0.05) is 56.6 Å². The van der Waals surface area contributed by atoms with Crippen molar-refractivity contribution in [1.82, 2.24) is 25.4 Å². The molecular formula is C31H35N5O3Si. The average molecular weight is 554 g/mol. The Morgan fingerprint density at radius 2 is 1.98 bits per heavy atom. The molecule has 40 heavy (non-hydrogen) atoms.